The number of aromatic nitrogens is 1. The minimum absolute atomic E-state index is 0.00223. The third kappa shape index (κ3) is 2.67. The number of benzene rings is 1. The van der Waals surface area contributed by atoms with Gasteiger partial charge in [-0.1, -0.05) is 30.3 Å². The maximum Gasteiger partial charge on any atom is 0.228 e. The summed E-state index contributed by atoms with van der Waals surface area (Å²) < 4.78 is 2.27. The van der Waals surface area contributed by atoms with E-state index in [0.29, 0.717) is 6.42 Å². The molecule has 24 heavy (non-hydrogen) atoms. The number of carbonyl (C=O) groups is 1. The highest BCUT2D eigenvalue weighted by atomic mass is 32.1. The zero-order valence-electron chi connectivity index (χ0n) is 13.7. The summed E-state index contributed by atoms with van der Waals surface area (Å²) in [6.07, 6.45) is 2.60. The lowest BCUT2D eigenvalue weighted by atomic mass is 9.95. The average Bonchev–Trinajstić information content (AvgIpc) is 3.25. The summed E-state index contributed by atoms with van der Waals surface area (Å²) in [4.78, 5) is 16.2. The van der Waals surface area contributed by atoms with Crippen LogP contribution in [0.25, 0.3) is 0 Å². The number of aryl methyl sites for hydroxylation is 1. The molecule has 1 aliphatic rings. The minimum Gasteiger partial charge on any atom is -0.348 e. The Balaban J connectivity index is 1.73. The van der Waals surface area contributed by atoms with Crippen LogP contribution in [0, 0.1) is 6.92 Å². The maximum absolute atomic E-state index is 13.0. The molecule has 0 fully saturated rings. The van der Waals surface area contributed by atoms with Gasteiger partial charge in [-0.3, -0.25) is 4.79 Å². The summed E-state index contributed by atoms with van der Waals surface area (Å²) in [5.74, 6) is 0.207. The first kappa shape index (κ1) is 15.2. The number of nitrogens with zero attached hydrogens (tertiary/aromatic N) is 2. The molecule has 1 atom stereocenters. The molecule has 0 N–H and O–H groups in total. The topological polar surface area (TPSA) is 25.2 Å². The SMILES string of the molecule is Cc1ccccc1C1c2cccn2CCN1C(=O)Cc1cccs1. The molecule has 0 aliphatic carbocycles. The normalized spacial score (nSPS) is 16.9. The van der Waals surface area contributed by atoms with Crippen molar-refractivity contribution in [3.63, 3.8) is 0 Å². The van der Waals surface area contributed by atoms with Crippen LogP contribution < -0.4 is 0 Å². The Bertz CT molecular complexity index is 850. The first-order valence-corrected chi connectivity index (χ1v) is 9.14. The van der Waals surface area contributed by atoms with Crippen LogP contribution in [-0.2, 0) is 17.8 Å². The van der Waals surface area contributed by atoms with Gasteiger partial charge < -0.3 is 9.47 Å². The predicted molar refractivity (Wildman–Crippen MR) is 97.2 cm³/mol. The number of hydrogen-bond donors (Lipinski definition) is 0. The summed E-state index contributed by atoms with van der Waals surface area (Å²) >= 11 is 1.65. The molecule has 1 aliphatic heterocycles. The highest BCUT2D eigenvalue weighted by Crippen LogP contribution is 2.34. The molecule has 1 amide bonds. The minimum atomic E-state index is 0.00223. The Hall–Kier alpha value is -2.33. The Morgan fingerprint density at radius 3 is 2.79 bits per heavy atom. The van der Waals surface area contributed by atoms with E-state index in [2.05, 4.69) is 59.0 Å². The van der Waals surface area contributed by atoms with Crippen molar-refractivity contribution in [2.24, 2.45) is 0 Å². The lowest BCUT2D eigenvalue weighted by Gasteiger charge is -2.38. The lowest BCUT2D eigenvalue weighted by Crippen LogP contribution is -2.43. The molecule has 3 nitrogen and oxygen atoms in total. The van der Waals surface area contributed by atoms with Crippen LogP contribution in [0.2, 0.25) is 0 Å². The van der Waals surface area contributed by atoms with E-state index >= 15 is 0 Å². The molecule has 122 valence electrons. The number of carbonyl (C=O) groups excluding carboxylic acids is 1. The van der Waals surface area contributed by atoms with Crippen molar-refractivity contribution in [3.05, 3.63) is 81.8 Å². The van der Waals surface area contributed by atoms with Gasteiger partial charge in [-0.15, -0.1) is 11.3 Å². The van der Waals surface area contributed by atoms with E-state index in [1.807, 2.05) is 17.5 Å². The smallest absolute Gasteiger partial charge is 0.228 e. The maximum atomic E-state index is 13.0. The Labute approximate surface area is 146 Å². The summed E-state index contributed by atoms with van der Waals surface area (Å²) in [5.41, 5.74) is 3.65. The fraction of sp³-hybridized carbons (Fsp3) is 0.250. The van der Waals surface area contributed by atoms with Crippen molar-refractivity contribution in [2.45, 2.75) is 25.9 Å². The van der Waals surface area contributed by atoms with Crippen LogP contribution in [0.3, 0.4) is 0 Å². The molecule has 2 aromatic heterocycles. The summed E-state index contributed by atoms with van der Waals surface area (Å²) in [5, 5.41) is 2.03. The predicted octanol–water partition coefficient (Wildman–Crippen LogP) is 4.03. The first-order valence-electron chi connectivity index (χ1n) is 8.26. The number of thiophene rings is 1. The molecule has 3 aromatic rings. The fourth-order valence-electron chi connectivity index (χ4n) is 3.54. The molecule has 0 radical (unpaired) electrons. The average molecular weight is 336 g/mol. The van der Waals surface area contributed by atoms with E-state index < -0.39 is 0 Å². The third-order valence-electron chi connectivity index (χ3n) is 4.75. The van der Waals surface area contributed by atoms with E-state index in [1.54, 1.807) is 11.3 Å². The first-order chi connectivity index (χ1) is 11.7. The highest BCUT2D eigenvalue weighted by Gasteiger charge is 2.32. The molecule has 4 heteroatoms. The Morgan fingerprint density at radius 2 is 2.00 bits per heavy atom. The summed E-state index contributed by atoms with van der Waals surface area (Å²) in [7, 11) is 0. The molecular weight excluding hydrogens is 316 g/mol. The zero-order chi connectivity index (χ0) is 16.5. The molecule has 4 rings (SSSR count). The van der Waals surface area contributed by atoms with E-state index in [4.69, 9.17) is 0 Å². The van der Waals surface area contributed by atoms with E-state index in [-0.39, 0.29) is 11.9 Å². The van der Waals surface area contributed by atoms with Crippen molar-refractivity contribution < 1.29 is 4.79 Å². The largest absolute Gasteiger partial charge is 0.348 e. The summed E-state index contributed by atoms with van der Waals surface area (Å²) in [6.45, 7) is 3.74. The van der Waals surface area contributed by atoms with Crippen LogP contribution in [0.15, 0.2) is 60.1 Å². The monoisotopic (exact) mass is 336 g/mol. The van der Waals surface area contributed by atoms with Crippen LogP contribution in [0.1, 0.15) is 27.7 Å². The van der Waals surface area contributed by atoms with Gasteiger partial charge in [-0.2, -0.15) is 0 Å². The number of fused-ring (bicyclic) bond motifs is 1. The van der Waals surface area contributed by atoms with Crippen molar-refractivity contribution in [1.82, 2.24) is 9.47 Å². The van der Waals surface area contributed by atoms with Gasteiger partial charge in [0, 0.05) is 29.9 Å². The van der Waals surface area contributed by atoms with Gasteiger partial charge in [0.15, 0.2) is 0 Å². The van der Waals surface area contributed by atoms with Crippen LogP contribution in [0.4, 0.5) is 0 Å². The quantitative estimate of drug-likeness (QED) is 0.709. The summed E-state index contributed by atoms with van der Waals surface area (Å²) in [6, 6.07) is 16.7. The van der Waals surface area contributed by atoms with Crippen molar-refractivity contribution >= 4 is 17.2 Å². The zero-order valence-corrected chi connectivity index (χ0v) is 14.5. The van der Waals surface area contributed by atoms with E-state index in [0.717, 1.165) is 18.0 Å². The van der Waals surface area contributed by atoms with Gasteiger partial charge >= 0.3 is 0 Å². The van der Waals surface area contributed by atoms with E-state index in [1.165, 1.54) is 16.8 Å². The number of rotatable bonds is 3. The molecular formula is C20H20N2OS. The number of hydrogen-bond acceptors (Lipinski definition) is 2. The van der Waals surface area contributed by atoms with Gasteiger partial charge in [0.1, 0.15) is 0 Å². The molecule has 0 bridgehead atoms. The molecule has 0 saturated carbocycles. The van der Waals surface area contributed by atoms with Crippen molar-refractivity contribution in [3.8, 4) is 0 Å². The van der Waals surface area contributed by atoms with Gasteiger partial charge in [0.2, 0.25) is 5.91 Å². The lowest BCUT2D eigenvalue weighted by molar-refractivity contribution is -0.133. The van der Waals surface area contributed by atoms with Gasteiger partial charge in [-0.25, -0.2) is 0 Å². The van der Waals surface area contributed by atoms with Crippen molar-refractivity contribution in [1.29, 1.82) is 0 Å². The van der Waals surface area contributed by atoms with Gasteiger partial charge in [0.05, 0.1) is 12.5 Å². The Morgan fingerprint density at radius 1 is 1.12 bits per heavy atom. The molecule has 3 heterocycles. The second kappa shape index (κ2) is 6.29. The van der Waals surface area contributed by atoms with E-state index in [9.17, 15) is 4.79 Å². The fourth-order valence-corrected chi connectivity index (χ4v) is 4.23. The second-order valence-electron chi connectivity index (χ2n) is 6.23. The van der Waals surface area contributed by atoms with Gasteiger partial charge in [0.25, 0.3) is 0 Å². The van der Waals surface area contributed by atoms with Crippen molar-refractivity contribution in [2.75, 3.05) is 6.54 Å². The molecule has 0 spiro atoms. The molecule has 0 saturated heterocycles. The Kier molecular flexibility index (Phi) is 3.98. The standard InChI is InChI=1S/C20H20N2OS/c1-15-6-2-3-8-17(15)20-18-9-4-10-21(18)11-12-22(20)19(23)14-16-7-5-13-24-16/h2-10,13,20H,11-12,14H2,1H3. The molecule has 1 aromatic carbocycles. The second-order valence-corrected chi connectivity index (χ2v) is 7.26. The van der Waals surface area contributed by atoms with Crippen LogP contribution >= 0.6 is 11.3 Å². The highest BCUT2D eigenvalue weighted by molar-refractivity contribution is 7.10. The number of amides is 1. The molecule has 1 unspecified atom stereocenters. The third-order valence-corrected chi connectivity index (χ3v) is 5.62. The van der Waals surface area contributed by atoms with Gasteiger partial charge in [-0.05, 0) is 41.6 Å². The van der Waals surface area contributed by atoms with Crippen LogP contribution in [0.5, 0.6) is 0 Å². The van der Waals surface area contributed by atoms with Crippen LogP contribution in [-0.4, -0.2) is 21.9 Å².